The normalized spacial score (nSPS) is 15.7. The number of halogens is 3. The van der Waals surface area contributed by atoms with Crippen LogP contribution in [-0.2, 0) is 4.79 Å². The minimum atomic E-state index is -0.619. The molecule has 2 aromatic rings. The molecule has 2 aromatic carbocycles. The number of anilines is 1. The Kier molecular flexibility index (Phi) is 6.17. The van der Waals surface area contributed by atoms with Crippen LogP contribution >= 0.6 is 34.8 Å². The van der Waals surface area contributed by atoms with E-state index < -0.39 is 6.10 Å². The molecule has 0 bridgehead atoms. The summed E-state index contributed by atoms with van der Waals surface area (Å²) in [6.45, 7) is 4.50. The Labute approximate surface area is 168 Å². The summed E-state index contributed by atoms with van der Waals surface area (Å²) < 4.78 is 5.73. The number of benzene rings is 2. The fourth-order valence-corrected chi connectivity index (χ4v) is 3.56. The molecule has 0 unspecified atom stereocenters. The summed E-state index contributed by atoms with van der Waals surface area (Å²) in [5.74, 6) is 0.399. The zero-order valence-electron chi connectivity index (χ0n) is 14.3. The number of ether oxygens (including phenoxy) is 1. The van der Waals surface area contributed by atoms with Crippen LogP contribution in [-0.4, -0.2) is 43.1 Å². The van der Waals surface area contributed by atoms with Crippen molar-refractivity contribution in [2.24, 2.45) is 0 Å². The van der Waals surface area contributed by atoms with Crippen molar-refractivity contribution in [2.75, 3.05) is 31.1 Å². The van der Waals surface area contributed by atoms with Gasteiger partial charge >= 0.3 is 0 Å². The van der Waals surface area contributed by atoms with Crippen LogP contribution in [0, 0.1) is 0 Å². The van der Waals surface area contributed by atoms with Crippen molar-refractivity contribution in [3.63, 3.8) is 0 Å². The quantitative estimate of drug-likeness (QED) is 0.724. The van der Waals surface area contributed by atoms with E-state index >= 15 is 0 Å². The van der Waals surface area contributed by atoms with Gasteiger partial charge in [0.2, 0.25) is 0 Å². The topological polar surface area (TPSA) is 32.8 Å². The lowest BCUT2D eigenvalue weighted by atomic mass is 10.2. The molecule has 1 amide bonds. The Balaban J connectivity index is 1.57. The summed E-state index contributed by atoms with van der Waals surface area (Å²) in [5.41, 5.74) is 1.07. The fourth-order valence-electron chi connectivity index (χ4n) is 2.93. The SMILES string of the molecule is C[C@H](Oc1ccc(Cl)cc1Cl)C(=O)N1CCN(c2cccc(Cl)c2)CC1. The predicted molar refractivity (Wildman–Crippen MR) is 107 cm³/mol. The van der Waals surface area contributed by atoms with Crippen molar-refractivity contribution in [1.82, 2.24) is 4.90 Å². The highest BCUT2D eigenvalue weighted by Gasteiger charge is 2.26. The third kappa shape index (κ3) is 4.56. The molecule has 1 aliphatic rings. The molecule has 0 aromatic heterocycles. The first-order valence-electron chi connectivity index (χ1n) is 8.35. The molecule has 0 spiro atoms. The number of carbonyl (C=O) groups is 1. The van der Waals surface area contributed by atoms with Gasteiger partial charge in [-0.2, -0.15) is 0 Å². The van der Waals surface area contributed by atoms with E-state index in [1.807, 2.05) is 29.2 Å². The predicted octanol–water partition coefficient (Wildman–Crippen LogP) is 4.76. The maximum atomic E-state index is 12.7. The average molecular weight is 414 g/mol. The monoisotopic (exact) mass is 412 g/mol. The lowest BCUT2D eigenvalue weighted by Gasteiger charge is -2.37. The van der Waals surface area contributed by atoms with Crippen molar-refractivity contribution in [2.45, 2.75) is 13.0 Å². The molecule has 1 aliphatic heterocycles. The zero-order valence-corrected chi connectivity index (χ0v) is 16.6. The second-order valence-corrected chi connectivity index (χ2v) is 7.41. The average Bonchev–Trinajstić information content (AvgIpc) is 2.63. The maximum absolute atomic E-state index is 12.7. The van der Waals surface area contributed by atoms with Crippen LogP contribution in [0.5, 0.6) is 5.75 Å². The number of amides is 1. The first-order valence-corrected chi connectivity index (χ1v) is 9.48. The van der Waals surface area contributed by atoms with E-state index in [4.69, 9.17) is 39.5 Å². The molecule has 26 heavy (non-hydrogen) atoms. The summed E-state index contributed by atoms with van der Waals surface area (Å²) in [7, 11) is 0. The highest BCUT2D eigenvalue weighted by Crippen LogP contribution is 2.28. The summed E-state index contributed by atoms with van der Waals surface area (Å²) in [6.07, 6.45) is -0.619. The summed E-state index contributed by atoms with van der Waals surface area (Å²) >= 11 is 18.1. The highest BCUT2D eigenvalue weighted by atomic mass is 35.5. The first-order chi connectivity index (χ1) is 12.4. The van der Waals surface area contributed by atoms with Gasteiger partial charge in [-0.3, -0.25) is 4.79 Å². The van der Waals surface area contributed by atoms with E-state index in [0.29, 0.717) is 33.9 Å². The molecule has 1 fully saturated rings. The smallest absolute Gasteiger partial charge is 0.263 e. The van der Waals surface area contributed by atoms with Crippen LogP contribution in [0.25, 0.3) is 0 Å². The molecular formula is C19H19Cl3N2O2. The van der Waals surface area contributed by atoms with Gasteiger partial charge in [-0.25, -0.2) is 0 Å². The summed E-state index contributed by atoms with van der Waals surface area (Å²) in [5, 5.41) is 1.63. The second-order valence-electron chi connectivity index (χ2n) is 6.13. The Morgan fingerprint density at radius 1 is 1.00 bits per heavy atom. The van der Waals surface area contributed by atoms with Crippen molar-refractivity contribution in [1.29, 1.82) is 0 Å². The fraction of sp³-hybridized carbons (Fsp3) is 0.316. The number of carbonyl (C=O) groups excluding carboxylic acids is 1. The Bertz CT molecular complexity index is 792. The number of hydrogen-bond acceptors (Lipinski definition) is 3. The standard InChI is InChI=1S/C19H19Cl3N2O2/c1-13(26-18-6-5-15(21)12-17(18)22)19(25)24-9-7-23(8-10-24)16-4-2-3-14(20)11-16/h2-6,11-13H,7-10H2,1H3/t13-/m0/s1. The van der Waals surface area contributed by atoms with Crippen LogP contribution in [0.1, 0.15) is 6.92 Å². The Hall–Kier alpha value is -1.62. The number of piperazine rings is 1. The summed E-state index contributed by atoms with van der Waals surface area (Å²) in [6, 6.07) is 12.7. The molecule has 7 heteroatoms. The van der Waals surface area contributed by atoms with E-state index in [0.717, 1.165) is 18.8 Å². The Morgan fingerprint density at radius 2 is 1.69 bits per heavy atom. The van der Waals surface area contributed by atoms with Crippen LogP contribution in [0.15, 0.2) is 42.5 Å². The third-order valence-electron chi connectivity index (χ3n) is 4.31. The molecule has 0 radical (unpaired) electrons. The van der Waals surface area contributed by atoms with Crippen molar-refractivity contribution >= 4 is 46.4 Å². The van der Waals surface area contributed by atoms with Crippen molar-refractivity contribution < 1.29 is 9.53 Å². The minimum absolute atomic E-state index is 0.0539. The molecule has 0 aliphatic carbocycles. The molecular weight excluding hydrogens is 395 g/mol. The largest absolute Gasteiger partial charge is 0.479 e. The lowest BCUT2D eigenvalue weighted by molar-refractivity contribution is -0.138. The molecule has 1 saturated heterocycles. The molecule has 1 heterocycles. The van der Waals surface area contributed by atoms with Crippen LogP contribution in [0.3, 0.4) is 0 Å². The van der Waals surface area contributed by atoms with Gasteiger partial charge in [0.1, 0.15) is 5.75 Å². The van der Waals surface area contributed by atoms with Gasteiger partial charge in [0.05, 0.1) is 5.02 Å². The van der Waals surface area contributed by atoms with Crippen LogP contribution < -0.4 is 9.64 Å². The second kappa shape index (κ2) is 8.38. The third-order valence-corrected chi connectivity index (χ3v) is 5.08. The molecule has 3 rings (SSSR count). The lowest BCUT2D eigenvalue weighted by Crippen LogP contribution is -2.52. The van der Waals surface area contributed by atoms with Gasteiger partial charge in [0, 0.05) is 41.9 Å². The molecule has 1 atom stereocenters. The van der Waals surface area contributed by atoms with E-state index in [9.17, 15) is 4.79 Å². The highest BCUT2D eigenvalue weighted by molar-refractivity contribution is 6.35. The van der Waals surface area contributed by atoms with Gasteiger partial charge < -0.3 is 14.5 Å². The number of rotatable bonds is 4. The van der Waals surface area contributed by atoms with E-state index in [-0.39, 0.29) is 5.91 Å². The van der Waals surface area contributed by atoms with E-state index in [1.54, 1.807) is 25.1 Å². The van der Waals surface area contributed by atoms with Crippen molar-refractivity contribution in [3.05, 3.63) is 57.5 Å². The van der Waals surface area contributed by atoms with Gasteiger partial charge in [-0.05, 0) is 43.3 Å². The molecule has 0 saturated carbocycles. The van der Waals surface area contributed by atoms with Crippen LogP contribution in [0.4, 0.5) is 5.69 Å². The van der Waals surface area contributed by atoms with Gasteiger partial charge in [0.25, 0.3) is 5.91 Å². The van der Waals surface area contributed by atoms with Gasteiger partial charge in [-0.1, -0.05) is 40.9 Å². The first kappa shape index (κ1) is 19.2. The molecule has 0 N–H and O–H groups in total. The van der Waals surface area contributed by atoms with Gasteiger partial charge in [0.15, 0.2) is 6.10 Å². The maximum Gasteiger partial charge on any atom is 0.263 e. The minimum Gasteiger partial charge on any atom is -0.479 e. The van der Waals surface area contributed by atoms with Crippen LogP contribution in [0.2, 0.25) is 15.1 Å². The molecule has 4 nitrogen and oxygen atoms in total. The summed E-state index contributed by atoms with van der Waals surface area (Å²) in [4.78, 5) is 16.7. The van der Waals surface area contributed by atoms with E-state index in [1.165, 1.54) is 0 Å². The number of hydrogen-bond donors (Lipinski definition) is 0. The zero-order chi connectivity index (χ0) is 18.7. The Morgan fingerprint density at radius 3 is 2.35 bits per heavy atom. The van der Waals surface area contributed by atoms with Crippen molar-refractivity contribution in [3.8, 4) is 5.75 Å². The number of nitrogens with zero attached hydrogens (tertiary/aromatic N) is 2. The van der Waals surface area contributed by atoms with Gasteiger partial charge in [-0.15, -0.1) is 0 Å². The molecule has 138 valence electrons. The van der Waals surface area contributed by atoms with E-state index in [2.05, 4.69) is 4.90 Å².